The van der Waals surface area contributed by atoms with Gasteiger partial charge in [0.25, 0.3) is 0 Å². The average Bonchev–Trinajstić information content (AvgIpc) is 2.75. The van der Waals surface area contributed by atoms with Crippen molar-refractivity contribution in [2.45, 2.75) is 32.2 Å². The quantitative estimate of drug-likeness (QED) is 0.777. The van der Waals surface area contributed by atoms with E-state index in [4.69, 9.17) is 0 Å². The predicted molar refractivity (Wildman–Crippen MR) is 94.7 cm³/mol. The second-order valence-corrected chi connectivity index (χ2v) is 6.91. The lowest BCUT2D eigenvalue weighted by Gasteiger charge is -2.17. The van der Waals surface area contributed by atoms with Gasteiger partial charge >= 0.3 is 0 Å². The Morgan fingerprint density at radius 2 is 1.86 bits per heavy atom. The molecule has 0 aliphatic heterocycles. The molecule has 0 bridgehead atoms. The van der Waals surface area contributed by atoms with Crippen LogP contribution in [-0.4, -0.2) is 22.9 Å². The molecule has 2 aromatic rings. The summed E-state index contributed by atoms with van der Waals surface area (Å²) in [5.41, 5.74) is 3.72. The van der Waals surface area contributed by atoms with E-state index < -0.39 is 0 Å². The van der Waals surface area contributed by atoms with Crippen molar-refractivity contribution in [1.82, 2.24) is 15.1 Å². The number of aromatic nitrogens is 2. The van der Waals surface area contributed by atoms with Gasteiger partial charge in [0, 0.05) is 24.0 Å². The first-order valence-electron chi connectivity index (χ1n) is 7.17. The zero-order valence-corrected chi connectivity index (χ0v) is 15.8. The van der Waals surface area contributed by atoms with Crippen molar-refractivity contribution >= 4 is 31.9 Å². The van der Waals surface area contributed by atoms with Crippen LogP contribution in [0.3, 0.4) is 0 Å². The monoisotopic (exact) mass is 413 g/mol. The predicted octanol–water partition coefficient (Wildman–Crippen LogP) is 3.88. The third kappa shape index (κ3) is 4.18. The molecular weight excluding hydrogens is 394 g/mol. The van der Waals surface area contributed by atoms with Crippen LogP contribution in [0.1, 0.15) is 23.9 Å². The van der Waals surface area contributed by atoms with Crippen LogP contribution in [-0.2, 0) is 26.3 Å². The minimum absolute atomic E-state index is 0.391. The van der Waals surface area contributed by atoms with Crippen LogP contribution in [0.5, 0.6) is 0 Å². The van der Waals surface area contributed by atoms with E-state index in [1.807, 2.05) is 18.8 Å². The Bertz CT molecular complexity index is 590. The summed E-state index contributed by atoms with van der Waals surface area (Å²) >= 11 is 7.18. The highest BCUT2D eigenvalue weighted by Crippen LogP contribution is 2.23. The number of rotatable bonds is 6. The second-order valence-electron chi connectivity index (χ2n) is 5.20. The molecule has 1 unspecified atom stereocenters. The molecule has 1 aromatic heterocycles. The fraction of sp³-hybridized carbons (Fsp3) is 0.438. The van der Waals surface area contributed by atoms with Gasteiger partial charge < -0.3 is 5.32 Å². The van der Waals surface area contributed by atoms with Gasteiger partial charge in [0.1, 0.15) is 0 Å². The van der Waals surface area contributed by atoms with Gasteiger partial charge in [-0.25, -0.2) is 0 Å². The summed E-state index contributed by atoms with van der Waals surface area (Å²) in [5, 5.41) is 7.99. The summed E-state index contributed by atoms with van der Waals surface area (Å²) in [7, 11) is 4.04. The number of aryl methyl sites for hydroxylation is 2. The molecule has 0 fully saturated rings. The lowest BCUT2D eigenvalue weighted by atomic mass is 10.0. The molecule has 2 rings (SSSR count). The fourth-order valence-corrected chi connectivity index (χ4v) is 3.50. The molecule has 1 atom stereocenters. The molecule has 0 spiro atoms. The highest BCUT2D eigenvalue weighted by atomic mass is 79.9. The second kappa shape index (κ2) is 7.56. The third-order valence-electron chi connectivity index (χ3n) is 3.75. The Balaban J connectivity index is 2.12. The summed E-state index contributed by atoms with van der Waals surface area (Å²) in [5.74, 6) is 0. The summed E-state index contributed by atoms with van der Waals surface area (Å²) < 4.78 is 4.27. The Labute approximate surface area is 143 Å². The van der Waals surface area contributed by atoms with E-state index in [-0.39, 0.29) is 0 Å². The lowest BCUT2D eigenvalue weighted by molar-refractivity contribution is 0.532. The van der Waals surface area contributed by atoms with Crippen LogP contribution in [0.4, 0.5) is 0 Å². The lowest BCUT2D eigenvalue weighted by Crippen LogP contribution is -2.30. The number of hydrogen-bond acceptors (Lipinski definition) is 2. The van der Waals surface area contributed by atoms with Gasteiger partial charge in [-0.05, 0) is 53.5 Å². The zero-order chi connectivity index (χ0) is 15.4. The normalized spacial score (nSPS) is 12.6. The summed E-state index contributed by atoms with van der Waals surface area (Å²) in [6.45, 7) is 2.13. The number of nitrogens with zero attached hydrogens (tertiary/aromatic N) is 2. The molecule has 0 saturated heterocycles. The maximum atomic E-state index is 4.57. The van der Waals surface area contributed by atoms with E-state index in [1.165, 1.54) is 11.3 Å². The Morgan fingerprint density at radius 3 is 2.38 bits per heavy atom. The Morgan fingerprint density at radius 1 is 1.19 bits per heavy atom. The molecule has 114 valence electrons. The topological polar surface area (TPSA) is 29.9 Å². The Hall–Kier alpha value is -0.650. The molecular formula is C16H21Br2N3. The smallest absolute Gasteiger partial charge is 0.0766 e. The molecule has 1 N–H and O–H groups in total. The minimum atomic E-state index is 0.391. The zero-order valence-electron chi connectivity index (χ0n) is 12.7. The van der Waals surface area contributed by atoms with E-state index in [2.05, 4.69) is 73.5 Å². The van der Waals surface area contributed by atoms with Gasteiger partial charge in [-0.1, -0.05) is 35.0 Å². The van der Waals surface area contributed by atoms with Gasteiger partial charge in [0.15, 0.2) is 0 Å². The van der Waals surface area contributed by atoms with Crippen LogP contribution in [0.25, 0.3) is 0 Å². The van der Waals surface area contributed by atoms with Crippen molar-refractivity contribution in [3.05, 3.63) is 50.2 Å². The minimum Gasteiger partial charge on any atom is -0.316 e. The standard InChI is InChI=1S/C16H21Br2N3/c1-4-14-16(18)15(21(3)20-14)10-13(19-2)9-11-5-7-12(17)8-6-11/h5-8,13,19H,4,9-10H2,1-3H3. The molecule has 1 heterocycles. The Kier molecular flexibility index (Phi) is 6.02. The highest BCUT2D eigenvalue weighted by Gasteiger charge is 2.17. The van der Waals surface area contributed by atoms with Crippen LogP contribution in [0.15, 0.2) is 33.2 Å². The number of benzene rings is 1. The van der Waals surface area contributed by atoms with Crippen molar-refractivity contribution in [2.24, 2.45) is 7.05 Å². The maximum absolute atomic E-state index is 4.57. The summed E-state index contributed by atoms with van der Waals surface area (Å²) in [4.78, 5) is 0. The number of nitrogens with one attached hydrogen (secondary N) is 1. The SMILES string of the molecule is CCc1nn(C)c(CC(Cc2ccc(Br)cc2)NC)c1Br. The van der Waals surface area contributed by atoms with Crippen molar-refractivity contribution < 1.29 is 0 Å². The number of likely N-dealkylation sites (N-methyl/N-ethyl adjacent to an activating group) is 1. The molecule has 1 aromatic carbocycles. The number of hydrogen-bond donors (Lipinski definition) is 1. The van der Waals surface area contributed by atoms with Gasteiger partial charge in [0.05, 0.1) is 15.9 Å². The molecule has 5 heteroatoms. The van der Waals surface area contributed by atoms with Gasteiger partial charge in [0.2, 0.25) is 0 Å². The van der Waals surface area contributed by atoms with Gasteiger partial charge in [-0.15, -0.1) is 0 Å². The molecule has 0 saturated carbocycles. The van der Waals surface area contributed by atoms with Crippen LogP contribution >= 0.6 is 31.9 Å². The van der Waals surface area contributed by atoms with Gasteiger partial charge in [-0.2, -0.15) is 5.10 Å². The van der Waals surface area contributed by atoms with Crippen LogP contribution < -0.4 is 5.32 Å². The maximum Gasteiger partial charge on any atom is 0.0766 e. The molecule has 0 amide bonds. The first-order chi connectivity index (χ1) is 10.0. The van der Waals surface area contributed by atoms with Crippen molar-refractivity contribution in [1.29, 1.82) is 0 Å². The largest absolute Gasteiger partial charge is 0.316 e. The van der Waals surface area contributed by atoms with Gasteiger partial charge in [-0.3, -0.25) is 4.68 Å². The van der Waals surface area contributed by atoms with E-state index in [0.717, 1.165) is 33.9 Å². The first-order valence-corrected chi connectivity index (χ1v) is 8.75. The van der Waals surface area contributed by atoms with Crippen molar-refractivity contribution in [3.8, 4) is 0 Å². The van der Waals surface area contributed by atoms with Crippen LogP contribution in [0, 0.1) is 0 Å². The van der Waals surface area contributed by atoms with E-state index in [9.17, 15) is 0 Å². The molecule has 3 nitrogen and oxygen atoms in total. The molecule has 0 radical (unpaired) electrons. The highest BCUT2D eigenvalue weighted by molar-refractivity contribution is 9.10. The summed E-state index contributed by atoms with van der Waals surface area (Å²) in [6.07, 6.45) is 2.91. The van der Waals surface area contributed by atoms with E-state index in [1.54, 1.807) is 0 Å². The fourth-order valence-electron chi connectivity index (χ4n) is 2.46. The molecule has 0 aliphatic rings. The van der Waals surface area contributed by atoms with Crippen molar-refractivity contribution in [3.63, 3.8) is 0 Å². The third-order valence-corrected chi connectivity index (χ3v) is 5.19. The first kappa shape index (κ1) is 16.7. The van der Waals surface area contributed by atoms with Crippen LogP contribution in [0.2, 0.25) is 0 Å². The van der Waals surface area contributed by atoms with E-state index in [0.29, 0.717) is 6.04 Å². The number of halogens is 2. The van der Waals surface area contributed by atoms with Crippen molar-refractivity contribution in [2.75, 3.05) is 7.05 Å². The average molecular weight is 415 g/mol. The summed E-state index contributed by atoms with van der Waals surface area (Å²) in [6, 6.07) is 8.92. The van der Waals surface area contributed by atoms with E-state index >= 15 is 0 Å². The molecule has 0 aliphatic carbocycles. The molecule has 21 heavy (non-hydrogen) atoms.